The first-order chi connectivity index (χ1) is 14.0. The van der Waals surface area contributed by atoms with E-state index in [-0.39, 0.29) is 6.04 Å². The first-order valence-corrected chi connectivity index (χ1v) is 9.60. The smallest absolute Gasteiger partial charge is 0.229 e. The molecule has 2 aromatic rings. The van der Waals surface area contributed by atoms with Gasteiger partial charge in [0.25, 0.3) is 0 Å². The van der Waals surface area contributed by atoms with Crippen molar-refractivity contribution in [1.82, 2.24) is 15.3 Å². The molecule has 29 heavy (non-hydrogen) atoms. The Morgan fingerprint density at radius 2 is 1.97 bits per heavy atom. The van der Waals surface area contributed by atoms with Crippen molar-refractivity contribution in [2.75, 3.05) is 22.6 Å². The van der Waals surface area contributed by atoms with E-state index in [2.05, 4.69) is 27.2 Å². The largest absolute Gasteiger partial charge is 0.394 e. The maximum absolute atomic E-state index is 13.6. The van der Waals surface area contributed by atoms with Gasteiger partial charge in [-0.05, 0) is 32.1 Å². The molecule has 0 radical (unpaired) electrons. The minimum atomic E-state index is -0.402. The summed E-state index contributed by atoms with van der Waals surface area (Å²) in [5.41, 5.74) is 7.41. The van der Waals surface area contributed by atoms with E-state index < -0.39 is 5.83 Å². The number of aromatic nitrogens is 2. The number of nitrogens with two attached hydrogens (primary N) is 1. The van der Waals surface area contributed by atoms with Crippen molar-refractivity contribution in [2.24, 2.45) is 0 Å². The second-order valence-corrected chi connectivity index (χ2v) is 6.01. The molecular formula is C22H31FN6. The number of hydrogen-bond acceptors (Lipinski definition) is 6. The number of nitrogens with zero attached hydrogens (tertiary/aromatic N) is 3. The zero-order valence-corrected chi connectivity index (χ0v) is 17.6. The van der Waals surface area contributed by atoms with E-state index in [1.807, 2.05) is 62.9 Å². The molecular weight excluding hydrogens is 367 g/mol. The van der Waals surface area contributed by atoms with E-state index in [9.17, 15) is 4.39 Å². The van der Waals surface area contributed by atoms with Crippen LogP contribution >= 0.6 is 0 Å². The van der Waals surface area contributed by atoms with Crippen molar-refractivity contribution in [1.29, 1.82) is 0 Å². The Morgan fingerprint density at radius 1 is 1.28 bits per heavy atom. The van der Waals surface area contributed by atoms with Gasteiger partial charge in [-0.2, -0.15) is 4.98 Å². The number of allylic oxidation sites excluding steroid dienone is 4. The Labute approximate surface area is 173 Å². The summed E-state index contributed by atoms with van der Waals surface area (Å²) in [6, 6.07) is 9.71. The number of para-hydroxylation sites is 1. The molecule has 0 aliphatic heterocycles. The first-order valence-electron chi connectivity index (χ1n) is 9.60. The highest BCUT2D eigenvalue weighted by molar-refractivity contribution is 5.65. The molecule has 156 valence electrons. The van der Waals surface area contributed by atoms with Crippen LogP contribution in [0, 0.1) is 0 Å². The third-order valence-corrected chi connectivity index (χ3v) is 3.61. The van der Waals surface area contributed by atoms with Crippen LogP contribution in [-0.2, 0) is 0 Å². The lowest BCUT2D eigenvalue weighted by molar-refractivity contribution is 0.620. The third kappa shape index (κ3) is 8.04. The summed E-state index contributed by atoms with van der Waals surface area (Å²) in [4.78, 5) is 10.7. The zero-order valence-electron chi connectivity index (χ0n) is 17.6. The standard InChI is InChI=1S/C20H25FN6.C2H6/c1-4-5-9-16(21)12-23-14-27(15(2)3)19-18(22)13-24-20(26-19)25-17-10-7-6-8-11-17;1-2/h4-13,15,23H,1,14,22H2,2-3H3,(H,24,25,26);1-2H3/b9-5-,16-12-;. The van der Waals surface area contributed by atoms with Gasteiger partial charge >= 0.3 is 0 Å². The molecule has 0 bridgehead atoms. The van der Waals surface area contributed by atoms with Gasteiger partial charge < -0.3 is 21.3 Å². The average Bonchev–Trinajstić information content (AvgIpc) is 2.73. The summed E-state index contributed by atoms with van der Waals surface area (Å²) < 4.78 is 13.6. The fraction of sp³-hybridized carbons (Fsp3) is 0.273. The molecule has 2 rings (SSSR count). The number of anilines is 4. The minimum absolute atomic E-state index is 0.0828. The number of nitrogen functional groups attached to an aromatic ring is 1. The fourth-order valence-corrected chi connectivity index (χ4v) is 2.27. The second-order valence-electron chi connectivity index (χ2n) is 6.01. The van der Waals surface area contributed by atoms with Crippen LogP contribution in [-0.4, -0.2) is 22.7 Å². The zero-order chi connectivity index (χ0) is 21.6. The summed E-state index contributed by atoms with van der Waals surface area (Å²) in [5, 5.41) is 6.08. The van der Waals surface area contributed by atoms with E-state index in [0.717, 1.165) is 5.69 Å². The summed E-state index contributed by atoms with van der Waals surface area (Å²) >= 11 is 0. The number of rotatable bonds is 9. The van der Waals surface area contributed by atoms with Gasteiger partial charge in [-0.3, -0.25) is 0 Å². The topological polar surface area (TPSA) is 79.1 Å². The molecule has 1 heterocycles. The molecule has 0 amide bonds. The van der Waals surface area contributed by atoms with Crippen LogP contribution in [0.4, 0.5) is 27.5 Å². The van der Waals surface area contributed by atoms with Crippen LogP contribution in [0.2, 0.25) is 0 Å². The predicted octanol–water partition coefficient (Wildman–Crippen LogP) is 5.14. The highest BCUT2D eigenvalue weighted by atomic mass is 19.1. The Morgan fingerprint density at radius 3 is 2.59 bits per heavy atom. The normalized spacial score (nSPS) is 11.0. The quantitative estimate of drug-likeness (QED) is 0.401. The van der Waals surface area contributed by atoms with Gasteiger partial charge in [0.1, 0.15) is 5.83 Å². The van der Waals surface area contributed by atoms with Crippen molar-refractivity contribution in [2.45, 2.75) is 33.7 Å². The number of halogens is 1. The van der Waals surface area contributed by atoms with E-state index in [1.165, 1.54) is 24.4 Å². The lowest BCUT2D eigenvalue weighted by Gasteiger charge is -2.28. The molecule has 6 nitrogen and oxygen atoms in total. The molecule has 0 unspecified atom stereocenters. The summed E-state index contributed by atoms with van der Waals surface area (Å²) in [5.74, 6) is 0.605. The molecule has 1 aromatic heterocycles. The van der Waals surface area contributed by atoms with Crippen LogP contribution in [0.25, 0.3) is 0 Å². The lowest BCUT2D eigenvalue weighted by atomic mass is 10.3. The monoisotopic (exact) mass is 398 g/mol. The third-order valence-electron chi connectivity index (χ3n) is 3.61. The Balaban J connectivity index is 0.00000204. The predicted molar refractivity (Wildman–Crippen MR) is 122 cm³/mol. The van der Waals surface area contributed by atoms with Crippen molar-refractivity contribution in [3.63, 3.8) is 0 Å². The molecule has 1 aromatic carbocycles. The van der Waals surface area contributed by atoms with Gasteiger partial charge in [0, 0.05) is 17.9 Å². The van der Waals surface area contributed by atoms with Crippen molar-refractivity contribution >= 4 is 23.1 Å². The van der Waals surface area contributed by atoms with Gasteiger partial charge in [-0.25, -0.2) is 9.37 Å². The molecule has 0 fully saturated rings. The van der Waals surface area contributed by atoms with Crippen molar-refractivity contribution < 1.29 is 4.39 Å². The number of nitrogens with one attached hydrogen (secondary N) is 2. The molecule has 7 heteroatoms. The lowest BCUT2D eigenvalue weighted by Crippen LogP contribution is -2.38. The van der Waals surface area contributed by atoms with E-state index >= 15 is 0 Å². The van der Waals surface area contributed by atoms with Crippen LogP contribution in [0.15, 0.2) is 73.4 Å². The van der Waals surface area contributed by atoms with Crippen LogP contribution in [0.5, 0.6) is 0 Å². The second kappa shape index (κ2) is 12.9. The number of benzene rings is 1. The highest BCUT2D eigenvalue weighted by Crippen LogP contribution is 2.24. The molecule has 0 aliphatic rings. The van der Waals surface area contributed by atoms with E-state index in [1.54, 1.807) is 6.20 Å². The van der Waals surface area contributed by atoms with Crippen LogP contribution in [0.1, 0.15) is 27.7 Å². The van der Waals surface area contributed by atoms with Crippen LogP contribution < -0.4 is 21.3 Å². The minimum Gasteiger partial charge on any atom is -0.394 e. The Kier molecular flexibility index (Phi) is 10.6. The van der Waals surface area contributed by atoms with Gasteiger partial charge in [-0.1, -0.05) is 50.8 Å². The molecule has 4 N–H and O–H groups in total. The van der Waals surface area contributed by atoms with Crippen molar-refractivity contribution in [3.8, 4) is 0 Å². The Hall–Kier alpha value is -3.35. The van der Waals surface area contributed by atoms with Crippen molar-refractivity contribution in [3.05, 3.63) is 73.4 Å². The maximum atomic E-state index is 13.6. The molecule has 0 atom stereocenters. The van der Waals surface area contributed by atoms with Crippen LogP contribution in [0.3, 0.4) is 0 Å². The van der Waals surface area contributed by atoms with Gasteiger partial charge in [0.05, 0.1) is 18.6 Å². The van der Waals surface area contributed by atoms with Gasteiger partial charge in [-0.15, -0.1) is 0 Å². The van der Waals surface area contributed by atoms with E-state index in [4.69, 9.17) is 5.73 Å². The summed E-state index contributed by atoms with van der Waals surface area (Å²) in [6.45, 7) is 11.9. The number of hydrogen-bond donors (Lipinski definition) is 3. The molecule has 0 aliphatic carbocycles. The SMILES string of the molecule is C=C/C=C\C(F)=C\NCN(c1nc(Nc2ccccc2)ncc1N)C(C)C.CC. The molecule has 0 saturated carbocycles. The molecule has 0 spiro atoms. The molecule has 0 saturated heterocycles. The van der Waals surface area contributed by atoms with Gasteiger partial charge in [0.15, 0.2) is 5.82 Å². The fourth-order valence-electron chi connectivity index (χ4n) is 2.27. The van der Waals surface area contributed by atoms with Gasteiger partial charge in [0.2, 0.25) is 5.95 Å². The Bertz CT molecular complexity index is 802. The summed E-state index contributed by atoms with van der Waals surface area (Å²) in [7, 11) is 0. The first kappa shape index (κ1) is 23.7. The average molecular weight is 399 g/mol. The summed E-state index contributed by atoms with van der Waals surface area (Å²) in [6.07, 6.45) is 7.21. The highest BCUT2D eigenvalue weighted by Gasteiger charge is 2.16. The van der Waals surface area contributed by atoms with E-state index in [0.29, 0.717) is 24.1 Å². The maximum Gasteiger partial charge on any atom is 0.229 e.